The van der Waals surface area contributed by atoms with Crippen LogP contribution in [-0.2, 0) is 12.4 Å². The number of rotatable bonds is 4. The Labute approximate surface area is 112 Å². The zero-order valence-corrected chi connectivity index (χ0v) is 10.9. The molecular formula is C12H12ClF3N2O. The number of halogens is 4. The van der Waals surface area contributed by atoms with E-state index in [0.29, 0.717) is 23.4 Å². The first kappa shape index (κ1) is 14.0. The number of alkyl halides is 4. The summed E-state index contributed by atoms with van der Waals surface area (Å²) < 4.78 is 44.2. The second-order valence-corrected chi connectivity index (χ2v) is 4.19. The van der Waals surface area contributed by atoms with Crippen LogP contribution in [0.3, 0.4) is 0 Å². The van der Waals surface area contributed by atoms with E-state index in [1.165, 1.54) is 0 Å². The van der Waals surface area contributed by atoms with Crippen molar-refractivity contribution in [2.45, 2.75) is 25.5 Å². The quantitative estimate of drug-likeness (QED) is 0.803. The molecule has 0 saturated carbocycles. The summed E-state index contributed by atoms with van der Waals surface area (Å²) >= 11 is 5.67. The number of nitrogens with zero attached hydrogens (tertiary/aromatic N) is 2. The molecular weight excluding hydrogens is 281 g/mol. The van der Waals surface area contributed by atoms with Crippen LogP contribution in [-0.4, -0.2) is 22.3 Å². The molecule has 0 N–H and O–H groups in total. The lowest BCUT2D eigenvalue weighted by Gasteiger charge is -2.11. The molecule has 0 aliphatic carbocycles. The molecule has 0 radical (unpaired) electrons. The molecule has 1 heterocycles. The van der Waals surface area contributed by atoms with Gasteiger partial charge >= 0.3 is 6.18 Å². The van der Waals surface area contributed by atoms with Gasteiger partial charge in [0.05, 0.1) is 18.0 Å². The van der Waals surface area contributed by atoms with Crippen LogP contribution in [0, 0.1) is 0 Å². The standard InChI is InChI=1S/C12H12ClF3N2O/c1-2-19-9-5-3-4-8-11(9)17-10(6-13)18(8)7-12(14,15)16/h3-5H,2,6-7H2,1H3. The van der Waals surface area contributed by atoms with Gasteiger partial charge in [-0.25, -0.2) is 4.98 Å². The van der Waals surface area contributed by atoms with Crippen LogP contribution in [0.25, 0.3) is 11.0 Å². The van der Waals surface area contributed by atoms with Gasteiger partial charge in [0.15, 0.2) is 0 Å². The first-order chi connectivity index (χ1) is 8.96. The number of benzene rings is 1. The molecule has 3 nitrogen and oxygen atoms in total. The van der Waals surface area contributed by atoms with Crippen LogP contribution in [0.15, 0.2) is 18.2 Å². The molecule has 0 unspecified atom stereocenters. The summed E-state index contributed by atoms with van der Waals surface area (Å²) in [5.41, 5.74) is 0.781. The van der Waals surface area contributed by atoms with E-state index >= 15 is 0 Å². The molecule has 104 valence electrons. The average Bonchev–Trinajstić information content (AvgIpc) is 2.67. The highest BCUT2D eigenvalue weighted by Crippen LogP contribution is 2.29. The molecule has 0 fully saturated rings. The van der Waals surface area contributed by atoms with Crippen molar-refractivity contribution in [3.8, 4) is 5.75 Å². The molecule has 2 rings (SSSR count). The SMILES string of the molecule is CCOc1cccc2c1nc(CCl)n2CC(F)(F)F. The summed E-state index contributed by atoms with van der Waals surface area (Å²) in [4.78, 5) is 4.14. The fraction of sp³-hybridized carbons (Fsp3) is 0.417. The van der Waals surface area contributed by atoms with Gasteiger partial charge < -0.3 is 9.30 Å². The average molecular weight is 293 g/mol. The monoisotopic (exact) mass is 292 g/mol. The maximum absolute atomic E-state index is 12.6. The van der Waals surface area contributed by atoms with E-state index in [1.54, 1.807) is 25.1 Å². The Hall–Kier alpha value is -1.43. The molecule has 0 atom stereocenters. The van der Waals surface area contributed by atoms with Gasteiger partial charge in [-0.05, 0) is 19.1 Å². The Kier molecular flexibility index (Phi) is 3.89. The van der Waals surface area contributed by atoms with Crippen molar-refractivity contribution >= 4 is 22.6 Å². The van der Waals surface area contributed by atoms with Gasteiger partial charge in [0.25, 0.3) is 0 Å². The second-order valence-electron chi connectivity index (χ2n) is 3.92. The van der Waals surface area contributed by atoms with E-state index in [9.17, 15) is 13.2 Å². The minimum Gasteiger partial charge on any atom is -0.492 e. The molecule has 19 heavy (non-hydrogen) atoms. The number of aromatic nitrogens is 2. The van der Waals surface area contributed by atoms with Crippen LogP contribution in [0.5, 0.6) is 5.75 Å². The lowest BCUT2D eigenvalue weighted by molar-refractivity contribution is -0.140. The molecule has 0 aliphatic heterocycles. The number of ether oxygens (including phenoxy) is 1. The molecule has 1 aromatic heterocycles. The van der Waals surface area contributed by atoms with Crippen LogP contribution in [0.2, 0.25) is 0 Å². The van der Waals surface area contributed by atoms with E-state index in [4.69, 9.17) is 16.3 Å². The molecule has 0 aliphatic rings. The lowest BCUT2D eigenvalue weighted by Crippen LogP contribution is -2.19. The van der Waals surface area contributed by atoms with Gasteiger partial charge in [-0.2, -0.15) is 13.2 Å². The van der Waals surface area contributed by atoms with Gasteiger partial charge in [-0.1, -0.05) is 6.07 Å². The fourth-order valence-electron chi connectivity index (χ4n) is 1.90. The summed E-state index contributed by atoms with van der Waals surface area (Å²) in [6, 6.07) is 4.89. The fourth-order valence-corrected chi connectivity index (χ4v) is 2.10. The number of hydrogen-bond donors (Lipinski definition) is 0. The van der Waals surface area contributed by atoms with Gasteiger partial charge in [0.1, 0.15) is 23.6 Å². The zero-order chi connectivity index (χ0) is 14.0. The van der Waals surface area contributed by atoms with Crippen LogP contribution < -0.4 is 4.74 Å². The first-order valence-electron chi connectivity index (χ1n) is 5.70. The van der Waals surface area contributed by atoms with Gasteiger partial charge in [-0.15, -0.1) is 11.6 Å². The minimum atomic E-state index is -4.32. The Balaban J connectivity index is 2.58. The predicted molar refractivity (Wildman–Crippen MR) is 66.5 cm³/mol. The Morgan fingerprint density at radius 2 is 2.11 bits per heavy atom. The van der Waals surface area contributed by atoms with Crippen molar-refractivity contribution in [1.82, 2.24) is 9.55 Å². The maximum Gasteiger partial charge on any atom is 0.406 e. The third-order valence-electron chi connectivity index (χ3n) is 2.58. The lowest BCUT2D eigenvalue weighted by atomic mass is 10.3. The van der Waals surface area contributed by atoms with E-state index in [1.807, 2.05) is 0 Å². The summed E-state index contributed by atoms with van der Waals surface area (Å²) in [5.74, 6) is 0.560. The number of fused-ring (bicyclic) bond motifs is 1. The normalized spacial score (nSPS) is 12.1. The van der Waals surface area contributed by atoms with E-state index in [0.717, 1.165) is 4.57 Å². The molecule has 2 aromatic rings. The number of imidazole rings is 1. The summed E-state index contributed by atoms with van der Waals surface area (Å²) in [6.07, 6.45) is -4.32. The number of hydrogen-bond acceptors (Lipinski definition) is 2. The topological polar surface area (TPSA) is 27.1 Å². The van der Waals surface area contributed by atoms with Crippen molar-refractivity contribution in [3.63, 3.8) is 0 Å². The third kappa shape index (κ3) is 2.94. The van der Waals surface area contributed by atoms with Gasteiger partial charge in [0.2, 0.25) is 0 Å². The Morgan fingerprint density at radius 3 is 2.68 bits per heavy atom. The maximum atomic E-state index is 12.6. The van der Waals surface area contributed by atoms with Gasteiger partial charge in [-0.3, -0.25) is 0 Å². The smallest absolute Gasteiger partial charge is 0.406 e. The van der Waals surface area contributed by atoms with Gasteiger partial charge in [0, 0.05) is 0 Å². The highest BCUT2D eigenvalue weighted by Gasteiger charge is 2.30. The zero-order valence-electron chi connectivity index (χ0n) is 10.2. The van der Waals surface area contributed by atoms with Crippen molar-refractivity contribution in [1.29, 1.82) is 0 Å². The van der Waals surface area contributed by atoms with Crippen molar-refractivity contribution in [3.05, 3.63) is 24.0 Å². The second kappa shape index (κ2) is 5.28. The molecule has 1 aromatic carbocycles. The van der Waals surface area contributed by atoms with Crippen LogP contribution in [0.4, 0.5) is 13.2 Å². The molecule has 0 saturated heterocycles. The predicted octanol–water partition coefficient (Wildman–Crippen LogP) is 3.74. The minimum absolute atomic E-state index is 0.0870. The summed E-state index contributed by atoms with van der Waals surface area (Å²) in [7, 11) is 0. The van der Waals surface area contributed by atoms with Crippen molar-refractivity contribution < 1.29 is 17.9 Å². The van der Waals surface area contributed by atoms with E-state index in [2.05, 4.69) is 4.98 Å². The third-order valence-corrected chi connectivity index (χ3v) is 2.82. The van der Waals surface area contributed by atoms with Crippen LogP contribution in [0.1, 0.15) is 12.7 Å². The molecule has 0 amide bonds. The van der Waals surface area contributed by atoms with Crippen molar-refractivity contribution in [2.75, 3.05) is 6.61 Å². The Bertz CT molecular complexity index is 580. The van der Waals surface area contributed by atoms with E-state index in [-0.39, 0.29) is 11.7 Å². The molecule has 0 spiro atoms. The van der Waals surface area contributed by atoms with Crippen LogP contribution >= 0.6 is 11.6 Å². The largest absolute Gasteiger partial charge is 0.492 e. The highest BCUT2D eigenvalue weighted by atomic mass is 35.5. The first-order valence-corrected chi connectivity index (χ1v) is 6.23. The summed E-state index contributed by atoms with van der Waals surface area (Å²) in [6.45, 7) is 1.11. The summed E-state index contributed by atoms with van der Waals surface area (Å²) in [5, 5.41) is 0. The molecule has 7 heteroatoms. The Morgan fingerprint density at radius 1 is 1.37 bits per heavy atom. The van der Waals surface area contributed by atoms with E-state index < -0.39 is 12.7 Å². The van der Waals surface area contributed by atoms with Crippen molar-refractivity contribution in [2.24, 2.45) is 0 Å². The molecule has 0 bridgehead atoms. The number of para-hydroxylation sites is 1. The highest BCUT2D eigenvalue weighted by molar-refractivity contribution is 6.16.